The Morgan fingerprint density at radius 2 is 1.89 bits per heavy atom. The van der Waals surface area contributed by atoms with Crippen LogP contribution in [-0.2, 0) is 4.79 Å². The van der Waals surface area contributed by atoms with E-state index in [0.717, 1.165) is 22.3 Å². The molecule has 0 fully saturated rings. The van der Waals surface area contributed by atoms with Gasteiger partial charge in [-0.1, -0.05) is 24.8 Å². The van der Waals surface area contributed by atoms with Gasteiger partial charge in [-0.2, -0.15) is 0 Å². The predicted octanol–water partition coefficient (Wildman–Crippen LogP) is 3.81. The van der Waals surface area contributed by atoms with Crippen LogP contribution >= 0.6 is 0 Å². The minimum atomic E-state index is -0.0773. The van der Waals surface area contributed by atoms with Gasteiger partial charge < -0.3 is 5.11 Å². The van der Waals surface area contributed by atoms with Crippen LogP contribution in [0.4, 0.5) is 0 Å². The van der Waals surface area contributed by atoms with Gasteiger partial charge in [0.25, 0.3) is 0 Å². The number of phenolic OH excluding ortho intramolecular Hbond substituents is 1. The minimum Gasteiger partial charge on any atom is -0.508 e. The van der Waals surface area contributed by atoms with E-state index in [1.807, 2.05) is 19.9 Å². The first kappa shape index (κ1) is 14.0. The van der Waals surface area contributed by atoms with Crippen LogP contribution in [-0.4, -0.2) is 10.9 Å². The molecule has 0 aromatic heterocycles. The third-order valence-corrected chi connectivity index (χ3v) is 2.74. The van der Waals surface area contributed by atoms with Crippen molar-refractivity contribution >= 4 is 11.4 Å². The number of ketones is 1. The molecule has 2 nitrogen and oxygen atoms in total. The summed E-state index contributed by atoms with van der Waals surface area (Å²) >= 11 is 0. The van der Waals surface area contributed by atoms with Crippen LogP contribution in [0.3, 0.4) is 0 Å². The second kappa shape index (κ2) is 5.50. The summed E-state index contributed by atoms with van der Waals surface area (Å²) in [7, 11) is 0. The van der Waals surface area contributed by atoms with Crippen molar-refractivity contribution in [3.63, 3.8) is 0 Å². The summed E-state index contributed by atoms with van der Waals surface area (Å²) in [6.07, 6.45) is 1.71. The number of rotatable bonds is 4. The Labute approximate surface area is 108 Å². The van der Waals surface area contributed by atoms with E-state index in [2.05, 4.69) is 13.2 Å². The highest BCUT2D eigenvalue weighted by atomic mass is 16.3. The van der Waals surface area contributed by atoms with E-state index >= 15 is 0 Å². The fraction of sp³-hybridized carbons (Fsp3) is 0.188. The Morgan fingerprint density at radius 1 is 1.28 bits per heavy atom. The van der Waals surface area contributed by atoms with E-state index in [4.69, 9.17) is 0 Å². The van der Waals surface area contributed by atoms with Crippen LogP contribution in [0.2, 0.25) is 0 Å². The fourth-order valence-corrected chi connectivity index (χ4v) is 1.61. The number of hydrogen-bond donors (Lipinski definition) is 1. The lowest BCUT2D eigenvalue weighted by Crippen LogP contribution is -1.95. The van der Waals surface area contributed by atoms with Crippen molar-refractivity contribution < 1.29 is 9.90 Å². The summed E-state index contributed by atoms with van der Waals surface area (Å²) in [5.41, 5.74) is 3.95. The van der Waals surface area contributed by atoms with Crippen molar-refractivity contribution in [1.29, 1.82) is 0 Å². The summed E-state index contributed by atoms with van der Waals surface area (Å²) in [4.78, 5) is 11.3. The van der Waals surface area contributed by atoms with Crippen molar-refractivity contribution in [2.75, 3.05) is 0 Å². The summed E-state index contributed by atoms with van der Waals surface area (Å²) in [5.74, 6) is 0.114. The lowest BCUT2D eigenvalue weighted by molar-refractivity contribution is -0.113. The van der Waals surface area contributed by atoms with Crippen LogP contribution in [0.5, 0.6) is 5.75 Å². The predicted molar refractivity (Wildman–Crippen MR) is 75.5 cm³/mol. The van der Waals surface area contributed by atoms with Gasteiger partial charge >= 0.3 is 0 Å². The number of benzene rings is 1. The second-order valence-corrected chi connectivity index (χ2v) is 4.42. The van der Waals surface area contributed by atoms with Gasteiger partial charge in [0.2, 0.25) is 0 Å². The topological polar surface area (TPSA) is 37.3 Å². The van der Waals surface area contributed by atoms with Crippen molar-refractivity contribution in [3.8, 4) is 5.75 Å². The molecule has 0 bridgehead atoms. The zero-order chi connectivity index (χ0) is 13.9. The summed E-state index contributed by atoms with van der Waals surface area (Å²) in [5, 5.41) is 9.57. The molecule has 1 aromatic rings. The first-order valence-corrected chi connectivity index (χ1v) is 5.70. The van der Waals surface area contributed by atoms with E-state index in [1.54, 1.807) is 18.2 Å². The maximum absolute atomic E-state index is 11.3. The number of aryl methyl sites for hydroxylation is 1. The number of allylic oxidation sites excluding steroid dienone is 4. The van der Waals surface area contributed by atoms with E-state index in [9.17, 15) is 9.90 Å². The van der Waals surface area contributed by atoms with E-state index in [-0.39, 0.29) is 11.5 Å². The molecule has 0 atom stereocenters. The average Bonchev–Trinajstić information content (AvgIpc) is 2.28. The molecule has 0 amide bonds. The van der Waals surface area contributed by atoms with Crippen molar-refractivity contribution in [3.05, 3.63) is 59.7 Å². The minimum absolute atomic E-state index is 0.0773. The number of phenols is 1. The lowest BCUT2D eigenvalue weighted by atomic mass is 9.93. The Morgan fingerprint density at radius 3 is 2.39 bits per heavy atom. The second-order valence-electron chi connectivity index (χ2n) is 4.42. The fourth-order valence-electron chi connectivity index (χ4n) is 1.61. The van der Waals surface area contributed by atoms with Gasteiger partial charge in [0, 0.05) is 5.57 Å². The van der Waals surface area contributed by atoms with Crippen LogP contribution < -0.4 is 0 Å². The quantitative estimate of drug-likeness (QED) is 0.644. The highest BCUT2D eigenvalue weighted by Crippen LogP contribution is 2.28. The number of aromatic hydroxyl groups is 1. The third kappa shape index (κ3) is 3.20. The monoisotopic (exact) mass is 242 g/mol. The zero-order valence-corrected chi connectivity index (χ0v) is 11.1. The standard InChI is InChI=1S/C16H18O2/c1-10(2)15(8-12(4)13(5)17)16-9-14(18)7-6-11(16)3/h6-9,18H,1,4H2,2-3,5H3/b15-8-. The van der Waals surface area contributed by atoms with E-state index in [1.165, 1.54) is 6.92 Å². The Balaban J connectivity index is 3.38. The number of hydrogen-bond acceptors (Lipinski definition) is 2. The first-order valence-electron chi connectivity index (χ1n) is 5.70. The maximum atomic E-state index is 11.3. The molecule has 0 heterocycles. The Kier molecular flexibility index (Phi) is 4.27. The van der Waals surface area contributed by atoms with Crippen LogP contribution in [0, 0.1) is 6.92 Å². The van der Waals surface area contributed by atoms with Gasteiger partial charge in [-0.05, 0) is 55.7 Å². The number of Topliss-reactive ketones (excluding diaryl/α,β-unsaturated/α-hetero) is 1. The molecule has 18 heavy (non-hydrogen) atoms. The summed E-state index contributed by atoms with van der Waals surface area (Å²) in [6.45, 7) is 12.9. The van der Waals surface area contributed by atoms with Gasteiger partial charge in [0.15, 0.2) is 5.78 Å². The molecular weight excluding hydrogens is 224 g/mol. The van der Waals surface area contributed by atoms with Gasteiger partial charge in [-0.15, -0.1) is 0 Å². The molecule has 1 rings (SSSR count). The van der Waals surface area contributed by atoms with Gasteiger partial charge in [0.05, 0.1) is 0 Å². The van der Waals surface area contributed by atoms with Crippen LogP contribution in [0.1, 0.15) is 25.0 Å². The molecule has 94 valence electrons. The van der Waals surface area contributed by atoms with Crippen molar-refractivity contribution in [2.45, 2.75) is 20.8 Å². The maximum Gasteiger partial charge on any atom is 0.159 e. The molecule has 1 N–H and O–H groups in total. The normalized spacial score (nSPS) is 11.2. The molecule has 0 radical (unpaired) electrons. The molecular formula is C16H18O2. The molecule has 1 aromatic carbocycles. The van der Waals surface area contributed by atoms with Crippen molar-refractivity contribution in [2.24, 2.45) is 0 Å². The zero-order valence-electron chi connectivity index (χ0n) is 11.1. The summed E-state index contributed by atoms with van der Waals surface area (Å²) < 4.78 is 0. The first-order chi connectivity index (χ1) is 8.32. The largest absolute Gasteiger partial charge is 0.508 e. The third-order valence-electron chi connectivity index (χ3n) is 2.74. The van der Waals surface area contributed by atoms with E-state index in [0.29, 0.717) is 5.57 Å². The molecule has 0 saturated carbocycles. The smallest absolute Gasteiger partial charge is 0.159 e. The molecule has 2 heteroatoms. The highest BCUT2D eigenvalue weighted by Gasteiger charge is 2.09. The highest BCUT2D eigenvalue weighted by molar-refractivity contribution is 5.99. The SMILES string of the molecule is C=C(/C=C(/C(=C)C)c1cc(O)ccc1C)C(C)=O. The number of carbonyl (C=O) groups is 1. The molecule has 0 aliphatic rings. The van der Waals surface area contributed by atoms with Crippen LogP contribution in [0.15, 0.2) is 48.6 Å². The number of carbonyl (C=O) groups excluding carboxylic acids is 1. The molecule has 0 saturated heterocycles. The van der Waals surface area contributed by atoms with E-state index < -0.39 is 0 Å². The lowest BCUT2D eigenvalue weighted by Gasteiger charge is -2.12. The van der Waals surface area contributed by atoms with Crippen molar-refractivity contribution in [1.82, 2.24) is 0 Å². The van der Waals surface area contributed by atoms with Gasteiger partial charge in [-0.3, -0.25) is 4.79 Å². The molecule has 0 spiro atoms. The Bertz CT molecular complexity index is 548. The Hall–Kier alpha value is -2.09. The molecule has 0 aliphatic carbocycles. The van der Waals surface area contributed by atoms with Gasteiger partial charge in [-0.25, -0.2) is 0 Å². The van der Waals surface area contributed by atoms with Gasteiger partial charge in [0.1, 0.15) is 5.75 Å². The average molecular weight is 242 g/mol. The van der Waals surface area contributed by atoms with Crippen LogP contribution in [0.25, 0.3) is 5.57 Å². The summed E-state index contributed by atoms with van der Waals surface area (Å²) in [6, 6.07) is 5.13. The molecule has 0 aliphatic heterocycles. The molecule has 0 unspecified atom stereocenters.